The van der Waals surface area contributed by atoms with E-state index in [1.165, 1.54) is 4.88 Å². The Morgan fingerprint density at radius 3 is 2.62 bits per heavy atom. The molecule has 0 radical (unpaired) electrons. The number of fused-ring (bicyclic) bond motifs is 5. The van der Waals surface area contributed by atoms with E-state index in [1.54, 1.807) is 18.4 Å². The first-order valence-electron chi connectivity index (χ1n) is 6.83. The van der Waals surface area contributed by atoms with E-state index in [0.717, 1.165) is 33.6 Å². The number of hydrogen-bond donors (Lipinski definition) is 1. The number of hydrogen-bond acceptors (Lipinski definition) is 3. The van der Waals surface area contributed by atoms with Gasteiger partial charge >= 0.3 is 0 Å². The molecule has 0 fully saturated rings. The predicted octanol–water partition coefficient (Wildman–Crippen LogP) is 4.49. The molecule has 0 saturated heterocycles. The van der Waals surface area contributed by atoms with Crippen LogP contribution in [-0.4, -0.2) is 12.2 Å². The van der Waals surface area contributed by atoms with Crippen molar-refractivity contribution >= 4 is 11.3 Å². The van der Waals surface area contributed by atoms with Crippen molar-refractivity contribution in [2.75, 3.05) is 7.11 Å². The van der Waals surface area contributed by atoms with E-state index in [2.05, 4.69) is 17.5 Å². The molecule has 4 rings (SSSR count). The fourth-order valence-electron chi connectivity index (χ4n) is 2.97. The Morgan fingerprint density at radius 2 is 1.76 bits per heavy atom. The molecule has 1 aliphatic rings. The predicted molar refractivity (Wildman–Crippen MR) is 85.8 cm³/mol. The molecule has 21 heavy (non-hydrogen) atoms. The standard InChI is InChI=1S/C18H14O2S/c1-20-11-6-7-13-16(10-11)15-8-9-21-18(15)14-5-3-2-4-12(14)17(13)19/h2-10,17,19H,1H3. The molecule has 0 spiro atoms. The van der Waals surface area contributed by atoms with E-state index in [0.29, 0.717) is 0 Å². The van der Waals surface area contributed by atoms with Gasteiger partial charge in [0.05, 0.1) is 7.11 Å². The van der Waals surface area contributed by atoms with Gasteiger partial charge in [-0.15, -0.1) is 11.3 Å². The second kappa shape index (κ2) is 4.72. The lowest BCUT2D eigenvalue weighted by Gasteiger charge is -2.15. The van der Waals surface area contributed by atoms with Crippen LogP contribution < -0.4 is 4.74 Å². The second-order valence-corrected chi connectivity index (χ2v) is 6.02. The normalized spacial score (nSPS) is 15.6. The Kier molecular flexibility index (Phi) is 2.84. The van der Waals surface area contributed by atoms with Gasteiger partial charge in [0.1, 0.15) is 11.9 Å². The summed E-state index contributed by atoms with van der Waals surface area (Å²) in [6.07, 6.45) is -0.610. The number of methoxy groups -OCH3 is 1. The van der Waals surface area contributed by atoms with Gasteiger partial charge in [-0.2, -0.15) is 0 Å². The fraction of sp³-hybridized carbons (Fsp3) is 0.111. The summed E-state index contributed by atoms with van der Waals surface area (Å²) in [7, 11) is 1.66. The maximum absolute atomic E-state index is 10.8. The van der Waals surface area contributed by atoms with E-state index < -0.39 is 6.10 Å². The third-order valence-electron chi connectivity index (χ3n) is 4.01. The summed E-state index contributed by atoms with van der Waals surface area (Å²) in [5.41, 5.74) is 5.22. The van der Waals surface area contributed by atoms with Crippen LogP contribution in [-0.2, 0) is 0 Å². The zero-order valence-electron chi connectivity index (χ0n) is 11.5. The second-order valence-electron chi connectivity index (χ2n) is 5.11. The quantitative estimate of drug-likeness (QED) is 0.716. The smallest absolute Gasteiger partial charge is 0.119 e. The molecule has 3 aromatic rings. The maximum Gasteiger partial charge on any atom is 0.119 e. The van der Waals surface area contributed by atoms with Gasteiger partial charge in [-0.3, -0.25) is 0 Å². The van der Waals surface area contributed by atoms with E-state index in [9.17, 15) is 5.11 Å². The van der Waals surface area contributed by atoms with Crippen molar-refractivity contribution < 1.29 is 9.84 Å². The summed E-state index contributed by atoms with van der Waals surface area (Å²) in [4.78, 5) is 1.21. The van der Waals surface area contributed by atoms with Gasteiger partial charge in [0, 0.05) is 10.4 Å². The highest BCUT2D eigenvalue weighted by Crippen LogP contribution is 2.47. The van der Waals surface area contributed by atoms with Crippen LogP contribution >= 0.6 is 11.3 Å². The number of ether oxygens (including phenoxy) is 1. The van der Waals surface area contributed by atoms with Crippen molar-refractivity contribution in [2.45, 2.75) is 6.10 Å². The van der Waals surface area contributed by atoms with Crippen LogP contribution in [0, 0.1) is 0 Å². The minimum atomic E-state index is -0.610. The minimum Gasteiger partial charge on any atom is -0.497 e. The van der Waals surface area contributed by atoms with Crippen LogP contribution in [0.15, 0.2) is 53.9 Å². The lowest BCUT2D eigenvalue weighted by Crippen LogP contribution is -2.01. The van der Waals surface area contributed by atoms with Crippen LogP contribution in [0.5, 0.6) is 5.75 Å². The molecule has 0 amide bonds. The van der Waals surface area contributed by atoms with Crippen molar-refractivity contribution in [1.82, 2.24) is 0 Å². The van der Waals surface area contributed by atoms with E-state index in [1.807, 2.05) is 36.4 Å². The zero-order valence-corrected chi connectivity index (χ0v) is 12.4. The summed E-state index contributed by atoms with van der Waals surface area (Å²) in [6, 6.07) is 16.1. The topological polar surface area (TPSA) is 29.5 Å². The van der Waals surface area contributed by atoms with Crippen molar-refractivity contribution in [1.29, 1.82) is 0 Å². The maximum atomic E-state index is 10.8. The van der Waals surface area contributed by atoms with E-state index in [-0.39, 0.29) is 0 Å². The molecule has 2 nitrogen and oxygen atoms in total. The Balaban J connectivity index is 2.09. The first kappa shape index (κ1) is 12.6. The highest BCUT2D eigenvalue weighted by Gasteiger charge is 2.26. The fourth-order valence-corrected chi connectivity index (χ4v) is 3.93. The average Bonchev–Trinajstić information content (AvgIpc) is 2.99. The zero-order chi connectivity index (χ0) is 14.4. The molecule has 1 aliphatic carbocycles. The van der Waals surface area contributed by atoms with Crippen molar-refractivity contribution in [3.05, 3.63) is 65.0 Å². The third-order valence-corrected chi connectivity index (χ3v) is 4.96. The molecule has 2 aromatic carbocycles. The lowest BCUT2D eigenvalue weighted by molar-refractivity contribution is 0.221. The van der Waals surface area contributed by atoms with Gasteiger partial charge in [0.2, 0.25) is 0 Å². The summed E-state index contributed by atoms with van der Waals surface area (Å²) in [5, 5.41) is 12.9. The molecule has 1 atom stereocenters. The molecule has 1 heterocycles. The largest absolute Gasteiger partial charge is 0.497 e. The first-order valence-corrected chi connectivity index (χ1v) is 7.70. The highest BCUT2D eigenvalue weighted by atomic mass is 32.1. The Labute approximate surface area is 127 Å². The molecular formula is C18H14O2S. The molecule has 0 bridgehead atoms. The SMILES string of the molecule is COc1ccc2c(c1)-c1ccsc1-c1ccccc1C2O. The van der Waals surface area contributed by atoms with Crippen molar-refractivity contribution in [2.24, 2.45) is 0 Å². The molecular weight excluding hydrogens is 280 g/mol. The number of rotatable bonds is 1. The summed E-state index contributed by atoms with van der Waals surface area (Å²) in [6.45, 7) is 0. The monoisotopic (exact) mass is 294 g/mol. The molecule has 3 heteroatoms. The van der Waals surface area contributed by atoms with Gasteiger partial charge in [-0.25, -0.2) is 0 Å². The van der Waals surface area contributed by atoms with Crippen LogP contribution in [0.25, 0.3) is 21.6 Å². The van der Waals surface area contributed by atoms with Gasteiger partial charge in [-0.1, -0.05) is 30.3 Å². The Morgan fingerprint density at radius 1 is 0.952 bits per heavy atom. The van der Waals surface area contributed by atoms with Crippen LogP contribution in [0.1, 0.15) is 17.2 Å². The molecule has 0 aliphatic heterocycles. The van der Waals surface area contributed by atoms with Crippen molar-refractivity contribution in [3.63, 3.8) is 0 Å². The van der Waals surface area contributed by atoms with Gasteiger partial charge < -0.3 is 9.84 Å². The molecule has 1 aromatic heterocycles. The van der Waals surface area contributed by atoms with E-state index in [4.69, 9.17) is 4.74 Å². The van der Waals surface area contributed by atoms with Gasteiger partial charge in [0.25, 0.3) is 0 Å². The lowest BCUT2D eigenvalue weighted by atomic mass is 9.96. The summed E-state index contributed by atoms with van der Waals surface area (Å²) < 4.78 is 5.35. The van der Waals surface area contributed by atoms with Crippen LogP contribution in [0.3, 0.4) is 0 Å². The van der Waals surface area contributed by atoms with Gasteiger partial charge in [0.15, 0.2) is 0 Å². The van der Waals surface area contributed by atoms with Crippen molar-refractivity contribution in [3.8, 4) is 27.3 Å². The Bertz CT molecular complexity index is 820. The molecule has 1 unspecified atom stereocenters. The van der Waals surface area contributed by atoms with Crippen LogP contribution in [0.2, 0.25) is 0 Å². The molecule has 1 N–H and O–H groups in total. The first-order chi connectivity index (χ1) is 10.3. The van der Waals surface area contributed by atoms with Crippen LogP contribution in [0.4, 0.5) is 0 Å². The number of aliphatic hydroxyl groups excluding tert-OH is 1. The summed E-state index contributed by atoms with van der Waals surface area (Å²) in [5.74, 6) is 0.809. The summed E-state index contributed by atoms with van der Waals surface area (Å²) >= 11 is 1.71. The highest BCUT2D eigenvalue weighted by molar-refractivity contribution is 7.14. The minimum absolute atomic E-state index is 0.610. The molecule has 0 saturated carbocycles. The number of aliphatic hydroxyl groups is 1. The third kappa shape index (κ3) is 1.82. The Hall–Kier alpha value is -2.10. The molecule has 104 valence electrons. The van der Waals surface area contributed by atoms with Gasteiger partial charge in [-0.05, 0) is 45.8 Å². The number of benzene rings is 2. The van der Waals surface area contributed by atoms with E-state index >= 15 is 0 Å². The average molecular weight is 294 g/mol. The number of thiophene rings is 1.